The quantitative estimate of drug-likeness (QED) is 0.733. The summed E-state index contributed by atoms with van der Waals surface area (Å²) < 4.78 is 0. The third kappa shape index (κ3) is 3.49. The summed E-state index contributed by atoms with van der Waals surface area (Å²) in [6.45, 7) is 16.2. The zero-order chi connectivity index (χ0) is 17.7. The van der Waals surface area contributed by atoms with Crippen molar-refractivity contribution in [3.05, 3.63) is 0 Å². The van der Waals surface area contributed by atoms with Gasteiger partial charge >= 0.3 is 0 Å². The molecule has 0 radical (unpaired) electrons. The average Bonchev–Trinajstić information content (AvgIpc) is 2.75. The van der Waals surface area contributed by atoms with Gasteiger partial charge in [-0.05, 0) is 49.5 Å². The predicted molar refractivity (Wildman–Crippen MR) is 104 cm³/mol. The van der Waals surface area contributed by atoms with E-state index in [-0.39, 0.29) is 0 Å². The summed E-state index contributed by atoms with van der Waals surface area (Å²) in [7, 11) is 0. The number of nitrogens with two attached hydrogens (primary N) is 1. The predicted octanol–water partition coefficient (Wildman–Crippen LogP) is 5.36. The van der Waals surface area contributed by atoms with Crippen molar-refractivity contribution in [1.82, 2.24) is 5.32 Å². The van der Waals surface area contributed by atoms with E-state index < -0.39 is 0 Å². The van der Waals surface area contributed by atoms with Gasteiger partial charge in [-0.2, -0.15) is 0 Å². The zero-order valence-electron chi connectivity index (χ0n) is 17.0. The first-order valence-electron chi connectivity index (χ1n) is 10.5. The maximum absolute atomic E-state index is 6.09. The van der Waals surface area contributed by atoms with E-state index >= 15 is 0 Å². The molecule has 3 N–H and O–H groups in total. The Kier molecular flexibility index (Phi) is 8.07. The summed E-state index contributed by atoms with van der Waals surface area (Å²) in [6.07, 6.45) is 10.1. The van der Waals surface area contributed by atoms with Crippen molar-refractivity contribution in [1.29, 1.82) is 0 Å². The van der Waals surface area contributed by atoms with E-state index in [1.165, 1.54) is 44.9 Å². The zero-order valence-corrected chi connectivity index (χ0v) is 17.0. The molecule has 1 saturated heterocycles. The molecular formula is C21H44N2. The molecule has 2 nitrogen and oxygen atoms in total. The fraction of sp³-hybridized carbons (Fsp3) is 1.00. The highest BCUT2D eigenvalue weighted by Gasteiger charge is 2.68. The van der Waals surface area contributed by atoms with Gasteiger partial charge < -0.3 is 11.1 Å². The van der Waals surface area contributed by atoms with Crippen LogP contribution in [0.1, 0.15) is 93.4 Å². The highest BCUT2D eigenvalue weighted by molar-refractivity contribution is 5.23. The van der Waals surface area contributed by atoms with Crippen LogP contribution in [0.2, 0.25) is 0 Å². The topological polar surface area (TPSA) is 38.0 Å². The second-order valence-corrected chi connectivity index (χ2v) is 7.98. The molecule has 3 aliphatic rings. The smallest absolute Gasteiger partial charge is 0.0269 e. The monoisotopic (exact) mass is 324 g/mol. The lowest BCUT2D eigenvalue weighted by molar-refractivity contribution is -0.0784. The van der Waals surface area contributed by atoms with E-state index in [1.54, 1.807) is 0 Å². The normalized spacial score (nSPS) is 42.5. The molecule has 0 aromatic carbocycles. The number of nitrogens with one attached hydrogen (secondary N) is 1. The van der Waals surface area contributed by atoms with Crippen LogP contribution in [-0.4, -0.2) is 18.1 Å². The van der Waals surface area contributed by atoms with E-state index in [2.05, 4.69) is 26.1 Å². The molecule has 23 heavy (non-hydrogen) atoms. The van der Waals surface area contributed by atoms with Gasteiger partial charge in [-0.3, -0.25) is 0 Å². The molecule has 2 aliphatic carbocycles. The Labute approximate surface area is 146 Å². The molecule has 0 amide bonds. The van der Waals surface area contributed by atoms with Gasteiger partial charge in [-0.15, -0.1) is 0 Å². The molecule has 1 heterocycles. The van der Waals surface area contributed by atoms with Crippen molar-refractivity contribution < 1.29 is 0 Å². The van der Waals surface area contributed by atoms with Gasteiger partial charge in [0.2, 0.25) is 0 Å². The van der Waals surface area contributed by atoms with Crippen LogP contribution >= 0.6 is 0 Å². The Balaban J connectivity index is 0.000000615. The summed E-state index contributed by atoms with van der Waals surface area (Å²) in [6, 6.07) is 0.601. The van der Waals surface area contributed by atoms with Crippen LogP contribution in [-0.2, 0) is 0 Å². The van der Waals surface area contributed by atoms with E-state index in [0.717, 1.165) is 18.4 Å². The molecule has 3 fully saturated rings. The van der Waals surface area contributed by atoms with Crippen molar-refractivity contribution in [2.75, 3.05) is 6.54 Å². The molecule has 3 rings (SSSR count). The lowest BCUT2D eigenvalue weighted by atomic mass is 9.45. The first-order chi connectivity index (χ1) is 11.0. The highest BCUT2D eigenvalue weighted by Crippen LogP contribution is 2.65. The second-order valence-electron chi connectivity index (χ2n) is 7.98. The number of rotatable bonds is 3. The van der Waals surface area contributed by atoms with Crippen LogP contribution in [0.15, 0.2) is 0 Å². The fourth-order valence-corrected chi connectivity index (χ4v) is 6.08. The first-order valence-corrected chi connectivity index (χ1v) is 10.5. The van der Waals surface area contributed by atoms with Gasteiger partial charge in [0.25, 0.3) is 0 Å². The molecule has 0 aromatic heterocycles. The second kappa shape index (κ2) is 8.85. The number of hydrogen-bond donors (Lipinski definition) is 2. The maximum atomic E-state index is 6.09. The molecule has 0 aromatic rings. The van der Waals surface area contributed by atoms with Gasteiger partial charge in [-0.25, -0.2) is 0 Å². The molecule has 0 spiro atoms. The summed E-state index contributed by atoms with van der Waals surface area (Å²) in [4.78, 5) is 0. The lowest BCUT2D eigenvalue weighted by Crippen LogP contribution is -2.67. The molecule has 5 unspecified atom stereocenters. The third-order valence-electron chi connectivity index (χ3n) is 7.09. The molecule has 5 atom stereocenters. The minimum absolute atomic E-state index is 0.401. The SMILES string of the molecule is CC.CC.CC1NC2(CC3CCCCC3)C(C)CC2(C)C1CN. The highest BCUT2D eigenvalue weighted by atomic mass is 15.1. The van der Waals surface area contributed by atoms with E-state index in [0.29, 0.717) is 22.9 Å². The summed E-state index contributed by atoms with van der Waals surface area (Å²) in [5, 5.41) is 4.03. The molecule has 0 bridgehead atoms. The van der Waals surface area contributed by atoms with Gasteiger partial charge in [-0.1, -0.05) is 73.6 Å². The first kappa shape index (κ1) is 21.0. The van der Waals surface area contributed by atoms with Crippen LogP contribution in [0.4, 0.5) is 0 Å². The van der Waals surface area contributed by atoms with Gasteiger partial charge in [0.1, 0.15) is 0 Å². The van der Waals surface area contributed by atoms with E-state index in [1.807, 2.05) is 27.7 Å². The summed E-state index contributed by atoms with van der Waals surface area (Å²) >= 11 is 0. The lowest BCUT2D eigenvalue weighted by Gasteiger charge is -2.62. The largest absolute Gasteiger partial charge is 0.330 e. The molecule has 138 valence electrons. The Morgan fingerprint density at radius 1 is 1.00 bits per heavy atom. The van der Waals surface area contributed by atoms with Crippen LogP contribution in [0.25, 0.3) is 0 Å². The third-order valence-corrected chi connectivity index (χ3v) is 7.09. The van der Waals surface area contributed by atoms with Crippen molar-refractivity contribution in [2.45, 2.75) is 105 Å². The van der Waals surface area contributed by atoms with Crippen LogP contribution in [0.5, 0.6) is 0 Å². The Bertz CT molecular complexity index is 337. The number of hydrogen-bond acceptors (Lipinski definition) is 2. The van der Waals surface area contributed by atoms with E-state index in [4.69, 9.17) is 5.73 Å². The Morgan fingerprint density at radius 2 is 1.57 bits per heavy atom. The molecule has 2 saturated carbocycles. The van der Waals surface area contributed by atoms with Gasteiger partial charge in [0, 0.05) is 11.6 Å². The molecular weight excluding hydrogens is 280 g/mol. The molecule has 1 aliphatic heterocycles. The van der Waals surface area contributed by atoms with Gasteiger partial charge in [0.05, 0.1) is 0 Å². The van der Waals surface area contributed by atoms with Crippen molar-refractivity contribution in [2.24, 2.45) is 28.9 Å². The van der Waals surface area contributed by atoms with Crippen LogP contribution < -0.4 is 11.1 Å². The standard InChI is InChI=1S/C17H32N2.2C2H6/c1-12-9-16(3)15(11-18)13(2)19-17(12,16)10-14-7-5-4-6-8-14;2*1-2/h12-15,19H,4-11,18H2,1-3H3;2*1-2H3. The van der Waals surface area contributed by atoms with Crippen LogP contribution in [0, 0.1) is 23.2 Å². The Hall–Kier alpha value is -0.0800. The maximum Gasteiger partial charge on any atom is 0.0269 e. The minimum Gasteiger partial charge on any atom is -0.330 e. The molecule has 2 heteroatoms. The van der Waals surface area contributed by atoms with Gasteiger partial charge in [0.15, 0.2) is 0 Å². The Morgan fingerprint density at radius 3 is 2.04 bits per heavy atom. The van der Waals surface area contributed by atoms with E-state index in [9.17, 15) is 0 Å². The fourth-order valence-electron chi connectivity index (χ4n) is 6.08. The minimum atomic E-state index is 0.401. The van der Waals surface area contributed by atoms with Crippen molar-refractivity contribution >= 4 is 0 Å². The van der Waals surface area contributed by atoms with Crippen molar-refractivity contribution in [3.8, 4) is 0 Å². The summed E-state index contributed by atoms with van der Waals surface area (Å²) in [5.74, 6) is 2.47. The van der Waals surface area contributed by atoms with Crippen LogP contribution in [0.3, 0.4) is 0 Å². The average molecular weight is 325 g/mol. The summed E-state index contributed by atoms with van der Waals surface area (Å²) in [5.41, 5.74) is 6.95. The van der Waals surface area contributed by atoms with Crippen molar-refractivity contribution in [3.63, 3.8) is 0 Å². The number of fused-ring (bicyclic) bond motifs is 1.